The Hall–Kier alpha value is -0.703. The molecular formula is C13H23F3O4SSi. The highest BCUT2D eigenvalue weighted by molar-refractivity contribution is 7.87. The average Bonchev–Trinajstić information content (AvgIpc) is 2.27. The highest BCUT2D eigenvalue weighted by atomic mass is 32.2. The van der Waals surface area contributed by atoms with Crippen LogP contribution in [0.5, 0.6) is 0 Å². The zero-order chi connectivity index (χ0) is 17.3. The molecule has 0 radical (unpaired) electrons. The van der Waals surface area contributed by atoms with E-state index in [4.69, 9.17) is 4.43 Å². The second kappa shape index (κ2) is 6.43. The van der Waals surface area contributed by atoms with Gasteiger partial charge in [-0.15, -0.1) is 0 Å². The van der Waals surface area contributed by atoms with Gasteiger partial charge in [0.05, 0.1) is 0 Å². The number of rotatable bonds is 4. The van der Waals surface area contributed by atoms with Gasteiger partial charge in [0.25, 0.3) is 0 Å². The molecule has 1 atom stereocenters. The SMILES string of the molecule is C[SiH](C)OC1=C(OS(=O)(=O)C(F)(F)F)CCC(C(C)(C)C)C1. The van der Waals surface area contributed by atoms with Crippen molar-refractivity contribution in [1.29, 1.82) is 0 Å². The van der Waals surface area contributed by atoms with Crippen molar-refractivity contribution in [3.63, 3.8) is 0 Å². The summed E-state index contributed by atoms with van der Waals surface area (Å²) in [4.78, 5) is 0. The fraction of sp³-hybridized carbons (Fsp3) is 0.846. The Labute approximate surface area is 131 Å². The fourth-order valence-electron chi connectivity index (χ4n) is 2.29. The maximum atomic E-state index is 12.5. The first-order valence-corrected chi connectivity index (χ1v) is 11.3. The highest BCUT2D eigenvalue weighted by Gasteiger charge is 2.49. The van der Waals surface area contributed by atoms with Crippen LogP contribution in [0.1, 0.15) is 40.0 Å². The van der Waals surface area contributed by atoms with Gasteiger partial charge in [-0.25, -0.2) is 0 Å². The summed E-state index contributed by atoms with van der Waals surface area (Å²) in [5, 5.41) is 0. The summed E-state index contributed by atoms with van der Waals surface area (Å²) < 4.78 is 69.8. The van der Waals surface area contributed by atoms with Crippen molar-refractivity contribution >= 4 is 19.2 Å². The van der Waals surface area contributed by atoms with Crippen LogP contribution < -0.4 is 0 Å². The van der Waals surface area contributed by atoms with Crippen molar-refractivity contribution in [2.45, 2.75) is 58.6 Å². The Morgan fingerprint density at radius 3 is 2.09 bits per heavy atom. The molecule has 1 rings (SSSR count). The predicted molar refractivity (Wildman–Crippen MR) is 79.8 cm³/mol. The lowest BCUT2D eigenvalue weighted by molar-refractivity contribution is -0.0527. The molecular weight excluding hydrogens is 337 g/mol. The maximum absolute atomic E-state index is 12.5. The van der Waals surface area contributed by atoms with Gasteiger partial charge >= 0.3 is 15.6 Å². The van der Waals surface area contributed by atoms with E-state index in [9.17, 15) is 21.6 Å². The summed E-state index contributed by atoms with van der Waals surface area (Å²) in [6.07, 6.45) is 1.10. The second-order valence-corrected chi connectivity index (χ2v) is 10.7. The molecule has 0 aromatic heterocycles. The van der Waals surface area contributed by atoms with Gasteiger partial charge in [0, 0.05) is 12.8 Å². The second-order valence-electron chi connectivity index (χ2n) is 6.80. The molecule has 1 aliphatic rings. The number of alkyl halides is 3. The third kappa shape index (κ3) is 4.90. The average molecular weight is 360 g/mol. The number of halogens is 3. The first kappa shape index (κ1) is 19.3. The summed E-state index contributed by atoms with van der Waals surface area (Å²) in [6, 6.07) is 0. The van der Waals surface area contributed by atoms with E-state index in [0.29, 0.717) is 12.8 Å². The minimum Gasteiger partial charge on any atom is -0.548 e. The molecule has 0 heterocycles. The maximum Gasteiger partial charge on any atom is 0.534 e. The van der Waals surface area contributed by atoms with Gasteiger partial charge in [-0.3, -0.25) is 0 Å². The third-order valence-electron chi connectivity index (χ3n) is 3.56. The lowest BCUT2D eigenvalue weighted by Crippen LogP contribution is -2.30. The third-order valence-corrected chi connectivity index (χ3v) is 5.30. The summed E-state index contributed by atoms with van der Waals surface area (Å²) in [6.45, 7) is 9.86. The first-order chi connectivity index (χ1) is 9.74. The summed E-state index contributed by atoms with van der Waals surface area (Å²) in [5.74, 6) is 0.274. The van der Waals surface area contributed by atoms with Gasteiger partial charge in [0.1, 0.15) is 5.76 Å². The zero-order valence-corrected chi connectivity index (χ0v) is 15.4. The van der Waals surface area contributed by atoms with Crippen LogP contribution in [0, 0.1) is 11.3 Å². The zero-order valence-electron chi connectivity index (χ0n) is 13.5. The van der Waals surface area contributed by atoms with Crippen LogP contribution >= 0.6 is 0 Å². The van der Waals surface area contributed by atoms with Crippen LogP contribution in [-0.2, 0) is 18.7 Å². The number of hydrogen-bond donors (Lipinski definition) is 0. The molecule has 0 bridgehead atoms. The largest absolute Gasteiger partial charge is 0.548 e. The molecule has 0 saturated carbocycles. The van der Waals surface area contributed by atoms with Crippen LogP contribution in [0.25, 0.3) is 0 Å². The van der Waals surface area contributed by atoms with Crippen LogP contribution in [0.4, 0.5) is 13.2 Å². The van der Waals surface area contributed by atoms with Crippen molar-refractivity contribution in [3.8, 4) is 0 Å². The lowest BCUT2D eigenvalue weighted by atomic mass is 9.73. The van der Waals surface area contributed by atoms with Crippen molar-refractivity contribution in [3.05, 3.63) is 11.5 Å². The summed E-state index contributed by atoms with van der Waals surface area (Å²) in [5.41, 5.74) is -5.47. The van der Waals surface area contributed by atoms with Crippen LogP contribution in [0.2, 0.25) is 13.1 Å². The van der Waals surface area contributed by atoms with E-state index < -0.39 is 24.7 Å². The molecule has 0 aliphatic heterocycles. The molecule has 0 saturated heterocycles. The predicted octanol–water partition coefficient (Wildman–Crippen LogP) is 3.91. The van der Waals surface area contributed by atoms with Crippen molar-refractivity contribution < 1.29 is 30.2 Å². The highest BCUT2D eigenvalue weighted by Crippen LogP contribution is 2.42. The monoisotopic (exact) mass is 360 g/mol. The van der Waals surface area contributed by atoms with Crippen LogP contribution in [0.3, 0.4) is 0 Å². The van der Waals surface area contributed by atoms with Crippen LogP contribution in [-0.4, -0.2) is 23.0 Å². The Morgan fingerprint density at radius 1 is 1.14 bits per heavy atom. The molecule has 22 heavy (non-hydrogen) atoms. The van der Waals surface area contributed by atoms with Gasteiger partial charge in [-0.05, 0) is 30.8 Å². The molecule has 0 amide bonds. The van der Waals surface area contributed by atoms with Gasteiger partial charge in [0.15, 0.2) is 5.76 Å². The molecule has 9 heteroatoms. The minimum atomic E-state index is -5.64. The van der Waals surface area contributed by atoms with Gasteiger partial charge < -0.3 is 8.61 Å². The number of allylic oxidation sites excluding steroid dienone is 2. The minimum absolute atomic E-state index is 0.0401. The van der Waals surface area contributed by atoms with E-state index in [1.54, 1.807) is 0 Å². The van der Waals surface area contributed by atoms with E-state index in [0.717, 1.165) is 0 Å². The van der Waals surface area contributed by atoms with Crippen LogP contribution in [0.15, 0.2) is 11.5 Å². The standard InChI is InChI=1S/C13H23F3O4SSi/c1-12(2,3)9-6-7-10(11(8-9)20-22(4)5)19-21(17,18)13(14,15)16/h9,22H,6-8H2,1-5H3. The quantitative estimate of drug-likeness (QED) is 0.433. The molecule has 0 N–H and O–H groups in total. The molecule has 0 fully saturated rings. The Bertz CT molecular complexity index is 532. The molecule has 0 spiro atoms. The summed E-state index contributed by atoms with van der Waals surface area (Å²) >= 11 is 0. The Kier molecular flexibility index (Phi) is 5.65. The van der Waals surface area contributed by atoms with E-state index in [1.807, 2.05) is 33.9 Å². The normalized spacial score (nSPS) is 21.2. The number of hydrogen-bond acceptors (Lipinski definition) is 4. The van der Waals surface area contributed by atoms with E-state index >= 15 is 0 Å². The molecule has 0 aromatic rings. The smallest absolute Gasteiger partial charge is 0.534 e. The van der Waals surface area contributed by atoms with Gasteiger partial charge in [-0.2, -0.15) is 21.6 Å². The van der Waals surface area contributed by atoms with E-state index in [2.05, 4.69) is 4.18 Å². The Balaban J connectivity index is 3.09. The van der Waals surface area contributed by atoms with Gasteiger partial charge in [0.2, 0.25) is 9.04 Å². The van der Waals surface area contributed by atoms with Gasteiger partial charge in [-0.1, -0.05) is 20.8 Å². The topological polar surface area (TPSA) is 52.6 Å². The fourth-order valence-corrected chi connectivity index (χ4v) is 3.62. The molecule has 4 nitrogen and oxygen atoms in total. The molecule has 1 aliphatic carbocycles. The van der Waals surface area contributed by atoms with E-state index in [-0.39, 0.29) is 29.3 Å². The van der Waals surface area contributed by atoms with E-state index in [1.165, 1.54) is 0 Å². The molecule has 0 aromatic carbocycles. The van der Waals surface area contributed by atoms with Crippen molar-refractivity contribution in [1.82, 2.24) is 0 Å². The summed E-state index contributed by atoms with van der Waals surface area (Å²) in [7, 11) is -7.23. The lowest BCUT2D eigenvalue weighted by Gasteiger charge is -2.36. The molecule has 1 unspecified atom stereocenters. The Morgan fingerprint density at radius 2 is 1.68 bits per heavy atom. The van der Waals surface area contributed by atoms with Crippen molar-refractivity contribution in [2.75, 3.05) is 0 Å². The molecule has 130 valence electrons. The first-order valence-electron chi connectivity index (χ1n) is 7.13. The van der Waals surface area contributed by atoms with Crippen molar-refractivity contribution in [2.24, 2.45) is 11.3 Å².